The summed E-state index contributed by atoms with van der Waals surface area (Å²) in [5.41, 5.74) is 2.99. The highest BCUT2D eigenvalue weighted by Gasteiger charge is 2.08. The standard InChI is InChI=1S/C19H14FN5O2S/c20-12-3-1-11(2-4-12)14-7-8-21-19(25-14)28-10-17(26)22-13-5-6-15-16(9-13)24-18(27)23-15/h1-9H,10H2,(H,22,26)(H2,23,24,27). The number of rotatable bonds is 5. The zero-order valence-electron chi connectivity index (χ0n) is 14.4. The molecule has 0 atom stereocenters. The third kappa shape index (κ3) is 4.09. The minimum absolute atomic E-state index is 0.120. The van der Waals surface area contributed by atoms with Crippen molar-refractivity contribution in [3.05, 3.63) is 71.0 Å². The first-order chi connectivity index (χ1) is 13.6. The fraction of sp³-hybridized carbons (Fsp3) is 0.0526. The van der Waals surface area contributed by atoms with Crippen LogP contribution >= 0.6 is 11.8 Å². The second-order valence-corrected chi connectivity index (χ2v) is 6.85. The van der Waals surface area contributed by atoms with E-state index < -0.39 is 0 Å². The van der Waals surface area contributed by atoms with Gasteiger partial charge in [0.05, 0.1) is 22.5 Å². The van der Waals surface area contributed by atoms with Crippen LogP contribution in [0.15, 0.2) is 64.7 Å². The lowest BCUT2D eigenvalue weighted by molar-refractivity contribution is -0.113. The van der Waals surface area contributed by atoms with Crippen LogP contribution in [0.1, 0.15) is 0 Å². The van der Waals surface area contributed by atoms with Crippen molar-refractivity contribution in [2.75, 3.05) is 11.1 Å². The second-order valence-electron chi connectivity index (χ2n) is 5.91. The first kappa shape index (κ1) is 17.9. The molecule has 2 heterocycles. The van der Waals surface area contributed by atoms with Crippen molar-refractivity contribution in [2.24, 2.45) is 0 Å². The number of H-pyrrole nitrogens is 2. The number of thioether (sulfide) groups is 1. The number of hydrogen-bond donors (Lipinski definition) is 3. The molecule has 3 N–H and O–H groups in total. The van der Waals surface area contributed by atoms with Gasteiger partial charge in [0.15, 0.2) is 5.16 Å². The molecule has 0 saturated carbocycles. The second kappa shape index (κ2) is 7.65. The normalized spacial score (nSPS) is 10.9. The Morgan fingerprint density at radius 3 is 2.68 bits per heavy atom. The largest absolute Gasteiger partial charge is 0.325 e. The van der Waals surface area contributed by atoms with E-state index in [9.17, 15) is 14.0 Å². The molecule has 4 rings (SSSR count). The summed E-state index contributed by atoms with van der Waals surface area (Å²) in [7, 11) is 0. The molecule has 9 heteroatoms. The fourth-order valence-electron chi connectivity index (χ4n) is 2.63. The molecule has 2 aromatic heterocycles. The Hall–Kier alpha value is -3.46. The van der Waals surface area contributed by atoms with Gasteiger partial charge in [0.1, 0.15) is 5.82 Å². The first-order valence-electron chi connectivity index (χ1n) is 8.30. The Morgan fingerprint density at radius 2 is 1.86 bits per heavy atom. The number of aromatic nitrogens is 4. The zero-order chi connectivity index (χ0) is 19.5. The Balaban J connectivity index is 1.40. The molecule has 4 aromatic rings. The van der Waals surface area contributed by atoms with Crippen molar-refractivity contribution in [1.82, 2.24) is 19.9 Å². The number of hydrogen-bond acceptors (Lipinski definition) is 5. The van der Waals surface area contributed by atoms with E-state index in [1.807, 2.05) is 0 Å². The van der Waals surface area contributed by atoms with Crippen LogP contribution in [-0.4, -0.2) is 31.6 Å². The Labute approximate surface area is 162 Å². The van der Waals surface area contributed by atoms with Crippen molar-refractivity contribution >= 4 is 34.4 Å². The molecule has 0 aliphatic carbocycles. The van der Waals surface area contributed by atoms with E-state index in [1.165, 1.54) is 23.9 Å². The SMILES string of the molecule is O=C(CSc1nccc(-c2ccc(F)cc2)n1)Nc1ccc2[nH]c(=O)[nH]c2c1. The van der Waals surface area contributed by atoms with E-state index in [1.54, 1.807) is 42.6 Å². The number of imidazole rings is 1. The van der Waals surface area contributed by atoms with E-state index >= 15 is 0 Å². The number of benzene rings is 2. The van der Waals surface area contributed by atoms with Gasteiger partial charge < -0.3 is 15.3 Å². The third-order valence-electron chi connectivity index (χ3n) is 3.91. The van der Waals surface area contributed by atoms with Gasteiger partial charge in [-0.25, -0.2) is 19.2 Å². The quantitative estimate of drug-likeness (QED) is 0.356. The van der Waals surface area contributed by atoms with Gasteiger partial charge in [-0.15, -0.1) is 0 Å². The van der Waals surface area contributed by atoms with Crippen molar-refractivity contribution in [3.63, 3.8) is 0 Å². The van der Waals surface area contributed by atoms with Gasteiger partial charge in [-0.2, -0.15) is 0 Å². The maximum atomic E-state index is 13.1. The Morgan fingerprint density at radius 1 is 1.07 bits per heavy atom. The molecule has 0 fully saturated rings. The molecule has 0 spiro atoms. The molecule has 0 radical (unpaired) electrons. The van der Waals surface area contributed by atoms with E-state index in [2.05, 4.69) is 25.3 Å². The molecular formula is C19H14FN5O2S. The van der Waals surface area contributed by atoms with Crippen LogP contribution in [0, 0.1) is 5.82 Å². The van der Waals surface area contributed by atoms with E-state index in [-0.39, 0.29) is 23.2 Å². The fourth-order valence-corrected chi connectivity index (χ4v) is 3.26. The summed E-state index contributed by atoms with van der Waals surface area (Å²) in [5, 5.41) is 3.22. The highest BCUT2D eigenvalue weighted by molar-refractivity contribution is 7.99. The smallest absolute Gasteiger partial charge is 0.323 e. The molecule has 0 aliphatic rings. The summed E-state index contributed by atoms with van der Waals surface area (Å²) in [4.78, 5) is 37.4. The summed E-state index contributed by atoms with van der Waals surface area (Å²) in [6, 6.07) is 12.8. The molecule has 0 saturated heterocycles. The van der Waals surface area contributed by atoms with Gasteiger partial charge >= 0.3 is 5.69 Å². The number of nitrogens with one attached hydrogen (secondary N) is 3. The number of carbonyl (C=O) groups is 1. The van der Waals surface area contributed by atoms with Crippen LogP contribution in [0.4, 0.5) is 10.1 Å². The minimum atomic E-state index is -0.314. The number of fused-ring (bicyclic) bond motifs is 1. The topological polar surface area (TPSA) is 104 Å². The monoisotopic (exact) mass is 395 g/mol. The van der Waals surface area contributed by atoms with Gasteiger partial charge in [0.25, 0.3) is 0 Å². The minimum Gasteiger partial charge on any atom is -0.325 e. The Kier molecular flexibility index (Phi) is 4.90. The molecular weight excluding hydrogens is 381 g/mol. The first-order valence-corrected chi connectivity index (χ1v) is 9.29. The molecule has 140 valence electrons. The number of amides is 1. The van der Waals surface area contributed by atoms with Gasteiger partial charge in [0, 0.05) is 17.4 Å². The number of anilines is 1. The summed E-state index contributed by atoms with van der Waals surface area (Å²) in [6.45, 7) is 0. The average Bonchev–Trinajstić information content (AvgIpc) is 3.06. The summed E-state index contributed by atoms with van der Waals surface area (Å²) < 4.78 is 13.1. The highest BCUT2D eigenvalue weighted by atomic mass is 32.2. The number of halogens is 1. The van der Waals surface area contributed by atoms with E-state index in [0.717, 1.165) is 5.56 Å². The maximum absolute atomic E-state index is 13.1. The lowest BCUT2D eigenvalue weighted by Crippen LogP contribution is -2.14. The van der Waals surface area contributed by atoms with E-state index in [0.29, 0.717) is 27.6 Å². The van der Waals surface area contributed by atoms with Crippen LogP contribution in [0.25, 0.3) is 22.3 Å². The summed E-state index contributed by atoms with van der Waals surface area (Å²) in [5.74, 6) is -0.418. The lowest BCUT2D eigenvalue weighted by Gasteiger charge is -2.06. The van der Waals surface area contributed by atoms with Crippen LogP contribution in [-0.2, 0) is 4.79 Å². The molecule has 1 amide bonds. The van der Waals surface area contributed by atoms with Crippen LogP contribution < -0.4 is 11.0 Å². The lowest BCUT2D eigenvalue weighted by atomic mass is 10.1. The third-order valence-corrected chi connectivity index (χ3v) is 4.77. The maximum Gasteiger partial charge on any atom is 0.323 e. The van der Waals surface area contributed by atoms with Crippen LogP contribution in [0.5, 0.6) is 0 Å². The molecule has 0 bridgehead atoms. The van der Waals surface area contributed by atoms with Crippen molar-refractivity contribution in [1.29, 1.82) is 0 Å². The van der Waals surface area contributed by atoms with Gasteiger partial charge in [-0.05, 0) is 48.5 Å². The van der Waals surface area contributed by atoms with Crippen molar-refractivity contribution in [3.8, 4) is 11.3 Å². The Bertz CT molecular complexity index is 1200. The number of carbonyl (C=O) groups excluding carboxylic acids is 1. The van der Waals surface area contributed by atoms with Crippen molar-refractivity contribution < 1.29 is 9.18 Å². The van der Waals surface area contributed by atoms with E-state index in [4.69, 9.17) is 0 Å². The summed E-state index contributed by atoms with van der Waals surface area (Å²) in [6.07, 6.45) is 1.60. The number of aromatic amines is 2. The predicted octanol–water partition coefficient (Wildman–Crippen LogP) is 3.18. The molecule has 2 aromatic carbocycles. The van der Waals surface area contributed by atoms with Crippen LogP contribution in [0.2, 0.25) is 0 Å². The average molecular weight is 395 g/mol. The van der Waals surface area contributed by atoms with Crippen LogP contribution in [0.3, 0.4) is 0 Å². The predicted molar refractivity (Wildman–Crippen MR) is 106 cm³/mol. The van der Waals surface area contributed by atoms with Crippen molar-refractivity contribution in [2.45, 2.75) is 5.16 Å². The van der Waals surface area contributed by atoms with Gasteiger partial charge in [-0.3, -0.25) is 4.79 Å². The highest BCUT2D eigenvalue weighted by Crippen LogP contribution is 2.21. The van der Waals surface area contributed by atoms with Gasteiger partial charge in [-0.1, -0.05) is 11.8 Å². The molecule has 28 heavy (non-hydrogen) atoms. The molecule has 7 nitrogen and oxygen atoms in total. The zero-order valence-corrected chi connectivity index (χ0v) is 15.2. The summed E-state index contributed by atoms with van der Waals surface area (Å²) >= 11 is 1.20. The van der Waals surface area contributed by atoms with Gasteiger partial charge in [0.2, 0.25) is 5.91 Å². The molecule has 0 aliphatic heterocycles. The molecule has 0 unspecified atom stereocenters. The number of nitrogens with zero attached hydrogens (tertiary/aromatic N) is 2.